The first-order valence-electron chi connectivity index (χ1n) is 5.29. The monoisotopic (exact) mass is 297 g/mol. The van der Waals surface area contributed by atoms with Gasteiger partial charge in [-0.05, 0) is 42.0 Å². The summed E-state index contributed by atoms with van der Waals surface area (Å²) in [6, 6.07) is 6.70. The zero-order valence-electron chi connectivity index (χ0n) is 9.63. The van der Waals surface area contributed by atoms with Crippen LogP contribution < -0.4 is 5.32 Å². The molecule has 2 aromatic rings. The molecule has 2 rings (SSSR count). The molecule has 1 aromatic carbocycles. The van der Waals surface area contributed by atoms with Gasteiger partial charge in [0.1, 0.15) is 5.82 Å². The quantitative estimate of drug-likeness (QED) is 0.932. The summed E-state index contributed by atoms with van der Waals surface area (Å²) in [5, 5.41) is 3.10. The van der Waals surface area contributed by atoms with Crippen LogP contribution in [-0.4, -0.2) is 7.05 Å². The van der Waals surface area contributed by atoms with E-state index in [1.54, 1.807) is 19.4 Å². The van der Waals surface area contributed by atoms with Crippen molar-refractivity contribution < 1.29 is 8.81 Å². The first kappa shape index (κ1) is 12.3. The predicted molar refractivity (Wildman–Crippen MR) is 68.4 cm³/mol. The van der Waals surface area contributed by atoms with E-state index in [2.05, 4.69) is 21.2 Å². The zero-order chi connectivity index (χ0) is 12.4. The fourth-order valence-corrected chi connectivity index (χ4v) is 2.34. The maximum absolute atomic E-state index is 13.8. The SMILES string of the molecule is CNC(c1cc(C)ccc1F)c1ccoc1Br. The van der Waals surface area contributed by atoms with Crippen molar-refractivity contribution in [3.8, 4) is 0 Å². The van der Waals surface area contributed by atoms with Crippen LogP contribution in [0, 0.1) is 12.7 Å². The Kier molecular flexibility index (Phi) is 3.64. The minimum Gasteiger partial charge on any atom is -0.457 e. The van der Waals surface area contributed by atoms with Gasteiger partial charge in [-0.1, -0.05) is 17.7 Å². The first-order valence-corrected chi connectivity index (χ1v) is 6.09. The van der Waals surface area contributed by atoms with Crippen LogP contribution in [0.2, 0.25) is 0 Å². The lowest BCUT2D eigenvalue weighted by Gasteiger charge is -2.17. The van der Waals surface area contributed by atoms with Gasteiger partial charge in [-0.3, -0.25) is 0 Å². The van der Waals surface area contributed by atoms with Gasteiger partial charge in [0.05, 0.1) is 12.3 Å². The molecule has 0 aliphatic carbocycles. The predicted octanol–water partition coefficient (Wildman–Crippen LogP) is 3.80. The summed E-state index contributed by atoms with van der Waals surface area (Å²) in [5.41, 5.74) is 2.54. The second kappa shape index (κ2) is 5.02. The van der Waals surface area contributed by atoms with Gasteiger partial charge in [0.15, 0.2) is 4.67 Å². The van der Waals surface area contributed by atoms with Crippen LogP contribution >= 0.6 is 15.9 Å². The topological polar surface area (TPSA) is 25.2 Å². The molecule has 1 unspecified atom stereocenters. The van der Waals surface area contributed by atoms with Crippen LogP contribution in [0.1, 0.15) is 22.7 Å². The molecule has 0 saturated heterocycles. The van der Waals surface area contributed by atoms with Crippen molar-refractivity contribution in [2.75, 3.05) is 7.05 Å². The highest BCUT2D eigenvalue weighted by Crippen LogP contribution is 2.30. The summed E-state index contributed by atoms with van der Waals surface area (Å²) in [7, 11) is 1.80. The van der Waals surface area contributed by atoms with Gasteiger partial charge in [0.2, 0.25) is 0 Å². The molecular weight excluding hydrogens is 285 g/mol. The van der Waals surface area contributed by atoms with Gasteiger partial charge in [-0.25, -0.2) is 4.39 Å². The van der Waals surface area contributed by atoms with E-state index in [0.717, 1.165) is 11.1 Å². The Morgan fingerprint density at radius 3 is 2.65 bits per heavy atom. The molecule has 0 bridgehead atoms. The molecule has 17 heavy (non-hydrogen) atoms. The summed E-state index contributed by atoms with van der Waals surface area (Å²) in [4.78, 5) is 0. The van der Waals surface area contributed by atoms with Crippen LogP contribution in [0.15, 0.2) is 39.6 Å². The van der Waals surface area contributed by atoms with Crippen LogP contribution in [0.4, 0.5) is 4.39 Å². The Morgan fingerprint density at radius 1 is 1.29 bits per heavy atom. The van der Waals surface area contributed by atoms with Crippen LogP contribution in [-0.2, 0) is 0 Å². The first-order chi connectivity index (χ1) is 8.13. The average Bonchev–Trinajstić information content (AvgIpc) is 2.71. The van der Waals surface area contributed by atoms with Gasteiger partial charge in [-0.15, -0.1) is 0 Å². The highest BCUT2D eigenvalue weighted by atomic mass is 79.9. The number of hydrogen-bond acceptors (Lipinski definition) is 2. The second-order valence-electron chi connectivity index (χ2n) is 3.90. The number of nitrogens with one attached hydrogen (secondary N) is 1. The van der Waals surface area contributed by atoms with E-state index in [-0.39, 0.29) is 11.9 Å². The Hall–Kier alpha value is -1.13. The van der Waals surface area contributed by atoms with E-state index < -0.39 is 0 Å². The summed E-state index contributed by atoms with van der Waals surface area (Å²) < 4.78 is 19.7. The van der Waals surface area contributed by atoms with Gasteiger partial charge < -0.3 is 9.73 Å². The van der Waals surface area contributed by atoms with Gasteiger partial charge >= 0.3 is 0 Å². The molecule has 0 saturated carbocycles. The maximum atomic E-state index is 13.8. The number of halogens is 2. The standard InChI is InChI=1S/C13H13BrFNO/c1-8-3-4-11(15)10(7-8)12(16-2)9-5-6-17-13(9)14/h3-7,12,16H,1-2H3. The van der Waals surface area contributed by atoms with Crippen molar-refractivity contribution in [3.05, 3.63) is 57.7 Å². The lowest BCUT2D eigenvalue weighted by molar-refractivity contribution is 0.525. The molecule has 1 N–H and O–H groups in total. The van der Waals surface area contributed by atoms with Crippen molar-refractivity contribution >= 4 is 15.9 Å². The van der Waals surface area contributed by atoms with Crippen molar-refractivity contribution in [2.45, 2.75) is 13.0 Å². The molecule has 1 heterocycles. The fourth-order valence-electron chi connectivity index (χ4n) is 1.87. The molecule has 0 radical (unpaired) electrons. The van der Waals surface area contributed by atoms with Crippen molar-refractivity contribution in [2.24, 2.45) is 0 Å². The van der Waals surface area contributed by atoms with E-state index in [0.29, 0.717) is 10.2 Å². The average molecular weight is 298 g/mol. The summed E-state index contributed by atoms with van der Waals surface area (Å²) in [6.07, 6.45) is 1.58. The number of benzene rings is 1. The summed E-state index contributed by atoms with van der Waals surface area (Å²) in [6.45, 7) is 1.94. The Labute approximate surface area is 108 Å². The highest BCUT2D eigenvalue weighted by Gasteiger charge is 2.20. The molecular formula is C13H13BrFNO. The normalized spacial score (nSPS) is 12.7. The molecule has 1 atom stereocenters. The van der Waals surface area contributed by atoms with E-state index >= 15 is 0 Å². The largest absolute Gasteiger partial charge is 0.457 e. The smallest absolute Gasteiger partial charge is 0.174 e. The Morgan fingerprint density at radius 2 is 2.06 bits per heavy atom. The summed E-state index contributed by atoms with van der Waals surface area (Å²) in [5.74, 6) is -0.219. The lowest BCUT2D eigenvalue weighted by atomic mass is 9.99. The molecule has 0 fully saturated rings. The number of furan rings is 1. The molecule has 2 nitrogen and oxygen atoms in total. The summed E-state index contributed by atoms with van der Waals surface area (Å²) >= 11 is 3.32. The molecule has 4 heteroatoms. The van der Waals surface area contributed by atoms with Gasteiger partial charge in [-0.2, -0.15) is 0 Å². The number of rotatable bonds is 3. The van der Waals surface area contributed by atoms with E-state index in [4.69, 9.17) is 4.42 Å². The second-order valence-corrected chi connectivity index (χ2v) is 4.62. The van der Waals surface area contributed by atoms with Crippen molar-refractivity contribution in [1.29, 1.82) is 0 Å². The molecule has 0 aliphatic heterocycles. The number of hydrogen-bond donors (Lipinski definition) is 1. The zero-order valence-corrected chi connectivity index (χ0v) is 11.2. The Balaban J connectivity index is 2.49. The van der Waals surface area contributed by atoms with E-state index in [9.17, 15) is 4.39 Å². The molecule has 0 aliphatic rings. The van der Waals surface area contributed by atoms with Crippen molar-refractivity contribution in [3.63, 3.8) is 0 Å². The lowest BCUT2D eigenvalue weighted by Crippen LogP contribution is -2.19. The molecule has 0 spiro atoms. The number of aryl methyl sites for hydroxylation is 1. The molecule has 90 valence electrons. The fraction of sp³-hybridized carbons (Fsp3) is 0.231. The Bertz CT molecular complexity index is 524. The minimum atomic E-state index is -0.219. The minimum absolute atomic E-state index is 0.219. The molecule has 0 amide bonds. The van der Waals surface area contributed by atoms with Crippen molar-refractivity contribution in [1.82, 2.24) is 5.32 Å². The van der Waals surface area contributed by atoms with Gasteiger partial charge in [0, 0.05) is 11.1 Å². The highest BCUT2D eigenvalue weighted by molar-refractivity contribution is 9.10. The van der Waals surface area contributed by atoms with Crippen LogP contribution in [0.25, 0.3) is 0 Å². The maximum Gasteiger partial charge on any atom is 0.174 e. The van der Waals surface area contributed by atoms with Gasteiger partial charge in [0.25, 0.3) is 0 Å². The third-order valence-corrected chi connectivity index (χ3v) is 3.35. The van der Waals surface area contributed by atoms with E-state index in [1.807, 2.05) is 19.1 Å². The van der Waals surface area contributed by atoms with Crippen LogP contribution in [0.5, 0.6) is 0 Å². The van der Waals surface area contributed by atoms with Crippen LogP contribution in [0.3, 0.4) is 0 Å². The van der Waals surface area contributed by atoms with E-state index in [1.165, 1.54) is 6.07 Å². The third kappa shape index (κ3) is 2.42. The third-order valence-electron chi connectivity index (χ3n) is 2.71. The molecule has 1 aromatic heterocycles.